The Labute approximate surface area is 113 Å². The molecule has 7 nitrogen and oxygen atoms in total. The van der Waals surface area contributed by atoms with Crippen molar-refractivity contribution in [3.05, 3.63) is 34.3 Å². The average molecular weight is 280 g/mol. The van der Waals surface area contributed by atoms with E-state index in [0.717, 1.165) is 11.3 Å². The summed E-state index contributed by atoms with van der Waals surface area (Å²) < 4.78 is 4.80. The van der Waals surface area contributed by atoms with Crippen molar-refractivity contribution in [2.75, 3.05) is 6.61 Å². The highest BCUT2D eigenvalue weighted by atomic mass is 32.1. The molecule has 100 valence electrons. The quantitative estimate of drug-likeness (QED) is 0.795. The van der Waals surface area contributed by atoms with Crippen molar-refractivity contribution in [3.8, 4) is 0 Å². The van der Waals surface area contributed by atoms with Gasteiger partial charge in [-0.05, 0) is 6.92 Å². The molecular weight excluding hydrogens is 268 g/mol. The molecule has 0 atom stereocenters. The zero-order valence-corrected chi connectivity index (χ0v) is 11.0. The Balaban J connectivity index is 1.94. The Bertz CT molecular complexity index is 564. The standard InChI is InChI=1S/C11H12N4O3S/c1-2-18-11(17)10-15-7(6-19-10)9(16)14-5-8-12-3-4-13-8/h3-4,6H,2,5H2,1H3,(H,12,13)(H,14,16). The topological polar surface area (TPSA) is 97.0 Å². The molecule has 1 amide bonds. The van der Waals surface area contributed by atoms with Crippen LogP contribution >= 0.6 is 11.3 Å². The fourth-order valence-electron chi connectivity index (χ4n) is 1.31. The van der Waals surface area contributed by atoms with Crippen LogP contribution in [0.5, 0.6) is 0 Å². The van der Waals surface area contributed by atoms with E-state index in [0.29, 0.717) is 5.82 Å². The van der Waals surface area contributed by atoms with Crippen LogP contribution < -0.4 is 5.32 Å². The van der Waals surface area contributed by atoms with Crippen LogP contribution in [0.25, 0.3) is 0 Å². The number of aromatic amines is 1. The highest BCUT2D eigenvalue weighted by Gasteiger charge is 2.16. The van der Waals surface area contributed by atoms with Gasteiger partial charge in [0, 0.05) is 17.8 Å². The normalized spacial score (nSPS) is 10.2. The van der Waals surface area contributed by atoms with Crippen LogP contribution in [0, 0.1) is 0 Å². The van der Waals surface area contributed by atoms with Gasteiger partial charge in [-0.15, -0.1) is 11.3 Å². The minimum atomic E-state index is -0.516. The summed E-state index contributed by atoms with van der Waals surface area (Å²) >= 11 is 1.08. The molecule has 0 bridgehead atoms. The van der Waals surface area contributed by atoms with E-state index >= 15 is 0 Å². The Morgan fingerprint density at radius 2 is 2.37 bits per heavy atom. The molecule has 0 aromatic carbocycles. The van der Waals surface area contributed by atoms with Gasteiger partial charge < -0.3 is 15.0 Å². The first kappa shape index (κ1) is 13.2. The second-order valence-electron chi connectivity index (χ2n) is 3.48. The molecule has 0 spiro atoms. The van der Waals surface area contributed by atoms with Gasteiger partial charge in [-0.3, -0.25) is 4.79 Å². The van der Waals surface area contributed by atoms with Gasteiger partial charge in [-0.25, -0.2) is 14.8 Å². The molecule has 0 aliphatic rings. The van der Waals surface area contributed by atoms with Crippen LogP contribution in [0.2, 0.25) is 0 Å². The molecule has 2 heterocycles. The first-order valence-corrected chi connectivity index (χ1v) is 6.47. The number of ether oxygens (including phenoxy) is 1. The first-order valence-electron chi connectivity index (χ1n) is 5.59. The number of nitrogens with zero attached hydrogens (tertiary/aromatic N) is 2. The third-order valence-corrected chi connectivity index (χ3v) is 2.98. The van der Waals surface area contributed by atoms with Crippen molar-refractivity contribution in [3.63, 3.8) is 0 Å². The number of aromatic nitrogens is 3. The molecule has 2 rings (SSSR count). The Hall–Kier alpha value is -2.22. The van der Waals surface area contributed by atoms with E-state index in [1.807, 2.05) is 0 Å². The van der Waals surface area contributed by atoms with Crippen LogP contribution in [0.1, 0.15) is 33.0 Å². The first-order chi connectivity index (χ1) is 9.20. The molecule has 0 saturated heterocycles. The lowest BCUT2D eigenvalue weighted by Gasteiger charge is -2.00. The zero-order chi connectivity index (χ0) is 13.7. The highest BCUT2D eigenvalue weighted by Crippen LogP contribution is 2.11. The summed E-state index contributed by atoms with van der Waals surface area (Å²) in [4.78, 5) is 34.0. The number of hydrogen-bond donors (Lipinski definition) is 2. The molecule has 8 heteroatoms. The SMILES string of the molecule is CCOC(=O)c1nc(C(=O)NCc2ncc[nH]2)cs1. The van der Waals surface area contributed by atoms with Crippen molar-refractivity contribution in [2.45, 2.75) is 13.5 Å². The Morgan fingerprint density at radius 1 is 1.53 bits per heavy atom. The van der Waals surface area contributed by atoms with Crippen LogP contribution in [-0.4, -0.2) is 33.4 Å². The van der Waals surface area contributed by atoms with Gasteiger partial charge in [0.1, 0.15) is 11.5 Å². The van der Waals surface area contributed by atoms with E-state index in [1.165, 1.54) is 5.38 Å². The van der Waals surface area contributed by atoms with Gasteiger partial charge in [-0.1, -0.05) is 0 Å². The molecular formula is C11H12N4O3S. The number of nitrogens with one attached hydrogen (secondary N) is 2. The molecule has 0 aliphatic carbocycles. The molecule has 2 N–H and O–H groups in total. The van der Waals surface area contributed by atoms with E-state index in [9.17, 15) is 9.59 Å². The van der Waals surface area contributed by atoms with Gasteiger partial charge >= 0.3 is 5.97 Å². The third kappa shape index (κ3) is 3.38. The van der Waals surface area contributed by atoms with Crippen LogP contribution in [-0.2, 0) is 11.3 Å². The van der Waals surface area contributed by atoms with Gasteiger partial charge in [-0.2, -0.15) is 0 Å². The van der Waals surface area contributed by atoms with E-state index in [-0.39, 0.29) is 29.8 Å². The van der Waals surface area contributed by atoms with E-state index in [2.05, 4.69) is 20.3 Å². The Morgan fingerprint density at radius 3 is 3.05 bits per heavy atom. The smallest absolute Gasteiger partial charge is 0.367 e. The molecule has 19 heavy (non-hydrogen) atoms. The molecule has 0 aliphatic heterocycles. The van der Waals surface area contributed by atoms with E-state index in [1.54, 1.807) is 19.3 Å². The molecule has 0 fully saturated rings. The number of esters is 1. The van der Waals surface area contributed by atoms with Crippen LogP contribution in [0.3, 0.4) is 0 Å². The van der Waals surface area contributed by atoms with Gasteiger partial charge in [0.25, 0.3) is 5.91 Å². The van der Waals surface area contributed by atoms with Crippen molar-refractivity contribution in [1.82, 2.24) is 20.3 Å². The second-order valence-corrected chi connectivity index (χ2v) is 4.34. The van der Waals surface area contributed by atoms with Crippen molar-refractivity contribution < 1.29 is 14.3 Å². The maximum Gasteiger partial charge on any atom is 0.367 e. The number of hydrogen-bond acceptors (Lipinski definition) is 6. The van der Waals surface area contributed by atoms with Crippen molar-refractivity contribution in [2.24, 2.45) is 0 Å². The van der Waals surface area contributed by atoms with Gasteiger partial charge in [0.2, 0.25) is 5.01 Å². The summed E-state index contributed by atoms with van der Waals surface area (Å²) in [7, 11) is 0. The maximum absolute atomic E-state index is 11.8. The summed E-state index contributed by atoms with van der Waals surface area (Å²) in [5.41, 5.74) is 0.194. The highest BCUT2D eigenvalue weighted by molar-refractivity contribution is 7.11. The molecule has 2 aromatic rings. The molecule has 0 unspecified atom stereocenters. The minimum absolute atomic E-state index is 0.171. The third-order valence-electron chi connectivity index (χ3n) is 2.16. The number of carbonyl (C=O) groups is 2. The largest absolute Gasteiger partial charge is 0.461 e. The van der Waals surface area contributed by atoms with Crippen molar-refractivity contribution in [1.29, 1.82) is 0 Å². The van der Waals surface area contributed by atoms with Crippen LogP contribution in [0.15, 0.2) is 17.8 Å². The lowest BCUT2D eigenvalue weighted by atomic mass is 10.4. The summed E-state index contributed by atoms with van der Waals surface area (Å²) in [6.07, 6.45) is 3.27. The number of amides is 1. The second kappa shape index (κ2) is 6.10. The zero-order valence-electron chi connectivity index (χ0n) is 10.2. The molecule has 2 aromatic heterocycles. The molecule has 0 saturated carbocycles. The van der Waals surface area contributed by atoms with E-state index in [4.69, 9.17) is 4.74 Å². The molecule has 0 radical (unpaired) electrons. The summed E-state index contributed by atoms with van der Waals surface area (Å²) in [6, 6.07) is 0. The Kier molecular flexibility index (Phi) is 4.24. The number of carbonyl (C=O) groups excluding carboxylic acids is 2. The predicted molar refractivity (Wildman–Crippen MR) is 67.8 cm³/mol. The van der Waals surface area contributed by atoms with E-state index < -0.39 is 5.97 Å². The van der Waals surface area contributed by atoms with Crippen molar-refractivity contribution >= 4 is 23.2 Å². The average Bonchev–Trinajstić information content (AvgIpc) is 3.07. The fraction of sp³-hybridized carbons (Fsp3) is 0.273. The summed E-state index contributed by atoms with van der Waals surface area (Å²) in [5.74, 6) is -0.227. The summed E-state index contributed by atoms with van der Waals surface area (Å²) in [6.45, 7) is 2.26. The summed E-state index contributed by atoms with van der Waals surface area (Å²) in [5, 5.41) is 4.33. The lowest BCUT2D eigenvalue weighted by molar-refractivity contribution is 0.0526. The van der Waals surface area contributed by atoms with Crippen LogP contribution in [0.4, 0.5) is 0 Å². The predicted octanol–water partition coefficient (Wildman–Crippen LogP) is 0.973. The lowest BCUT2D eigenvalue weighted by Crippen LogP contribution is -2.23. The fourth-order valence-corrected chi connectivity index (χ4v) is 2.00. The number of imidazole rings is 1. The number of thiazole rings is 1. The maximum atomic E-state index is 11.8. The number of H-pyrrole nitrogens is 1. The number of rotatable bonds is 5. The van der Waals surface area contributed by atoms with Gasteiger partial charge in [0.15, 0.2) is 0 Å². The minimum Gasteiger partial charge on any atom is -0.461 e. The van der Waals surface area contributed by atoms with Gasteiger partial charge in [0.05, 0.1) is 13.2 Å². The monoisotopic (exact) mass is 280 g/mol.